The lowest BCUT2D eigenvalue weighted by Crippen LogP contribution is -2.30. The number of nitrogens with one attached hydrogen (secondary N) is 1. The van der Waals surface area contributed by atoms with E-state index in [1.165, 1.54) is 0 Å². The number of nitrogens with zero attached hydrogens (tertiary/aromatic N) is 2. The standard InChI is InChI=1S/C13H15N3OS/c17-12-11(6-1-3-7-14-12)18-13-15-9-10-5-2-4-8-16(10)13/h2,4-5,8-9,11H,1,3,6-7H2,(H,14,17)/t11-/m1/s1. The van der Waals surface area contributed by atoms with Crippen molar-refractivity contribution in [3.05, 3.63) is 30.6 Å². The summed E-state index contributed by atoms with van der Waals surface area (Å²) in [5, 5.41) is 3.84. The van der Waals surface area contributed by atoms with Crippen LogP contribution in [0.3, 0.4) is 0 Å². The molecule has 0 aliphatic carbocycles. The topological polar surface area (TPSA) is 46.4 Å². The summed E-state index contributed by atoms with van der Waals surface area (Å²) in [5.41, 5.74) is 1.06. The van der Waals surface area contributed by atoms with Crippen molar-refractivity contribution in [2.75, 3.05) is 6.54 Å². The molecule has 1 aliphatic heterocycles. The second kappa shape index (κ2) is 5.02. The Morgan fingerprint density at radius 2 is 2.33 bits per heavy atom. The largest absolute Gasteiger partial charge is 0.355 e. The second-order valence-corrected chi connectivity index (χ2v) is 5.60. The van der Waals surface area contributed by atoms with Crippen LogP contribution < -0.4 is 5.32 Å². The maximum Gasteiger partial charge on any atom is 0.233 e. The molecule has 3 heterocycles. The van der Waals surface area contributed by atoms with Crippen molar-refractivity contribution in [2.45, 2.75) is 29.7 Å². The Balaban J connectivity index is 1.85. The molecule has 0 saturated carbocycles. The van der Waals surface area contributed by atoms with Crippen LogP contribution in [0.15, 0.2) is 35.7 Å². The van der Waals surface area contributed by atoms with E-state index >= 15 is 0 Å². The number of thioether (sulfide) groups is 1. The van der Waals surface area contributed by atoms with Crippen molar-refractivity contribution in [3.8, 4) is 0 Å². The lowest BCUT2D eigenvalue weighted by molar-refractivity contribution is -0.120. The molecule has 1 atom stereocenters. The quantitative estimate of drug-likeness (QED) is 0.900. The Hall–Kier alpha value is -1.49. The van der Waals surface area contributed by atoms with E-state index in [2.05, 4.69) is 10.3 Å². The van der Waals surface area contributed by atoms with Crippen molar-refractivity contribution >= 4 is 23.2 Å². The number of carbonyl (C=O) groups excluding carboxylic acids is 1. The first-order valence-electron chi connectivity index (χ1n) is 6.21. The number of fused-ring (bicyclic) bond motifs is 1. The van der Waals surface area contributed by atoms with Crippen LogP contribution in [0, 0.1) is 0 Å². The Kier molecular flexibility index (Phi) is 3.23. The van der Waals surface area contributed by atoms with Gasteiger partial charge in [-0.15, -0.1) is 0 Å². The van der Waals surface area contributed by atoms with Gasteiger partial charge in [0.15, 0.2) is 5.16 Å². The summed E-state index contributed by atoms with van der Waals surface area (Å²) >= 11 is 1.56. The van der Waals surface area contributed by atoms with Crippen molar-refractivity contribution in [3.63, 3.8) is 0 Å². The highest BCUT2D eigenvalue weighted by Crippen LogP contribution is 2.27. The minimum absolute atomic E-state index is 0.0155. The van der Waals surface area contributed by atoms with Crippen LogP contribution in [0.25, 0.3) is 5.52 Å². The zero-order valence-corrected chi connectivity index (χ0v) is 10.8. The minimum Gasteiger partial charge on any atom is -0.355 e. The van der Waals surface area contributed by atoms with Crippen molar-refractivity contribution < 1.29 is 4.79 Å². The van der Waals surface area contributed by atoms with Gasteiger partial charge in [-0.3, -0.25) is 9.20 Å². The Morgan fingerprint density at radius 1 is 1.39 bits per heavy atom. The maximum atomic E-state index is 11.9. The highest BCUT2D eigenvalue weighted by Gasteiger charge is 2.23. The van der Waals surface area contributed by atoms with Gasteiger partial charge in [-0.2, -0.15) is 0 Å². The summed E-state index contributed by atoms with van der Waals surface area (Å²) in [5.74, 6) is 0.144. The molecule has 1 saturated heterocycles. The number of imidazole rings is 1. The van der Waals surface area contributed by atoms with Crippen LogP contribution in [-0.4, -0.2) is 27.1 Å². The molecule has 2 aromatic heterocycles. The average Bonchev–Trinajstić information content (AvgIpc) is 2.69. The summed E-state index contributed by atoms with van der Waals surface area (Å²) < 4.78 is 2.03. The summed E-state index contributed by atoms with van der Waals surface area (Å²) in [6.07, 6.45) is 6.93. The molecule has 0 bridgehead atoms. The Bertz CT molecular complexity index is 566. The van der Waals surface area contributed by atoms with E-state index in [1.807, 2.05) is 35.0 Å². The van der Waals surface area contributed by atoms with E-state index in [-0.39, 0.29) is 11.2 Å². The third-order valence-electron chi connectivity index (χ3n) is 3.14. The third kappa shape index (κ3) is 2.22. The molecule has 1 aliphatic rings. The zero-order chi connectivity index (χ0) is 12.4. The number of amides is 1. The van der Waals surface area contributed by atoms with Gasteiger partial charge < -0.3 is 5.32 Å². The third-order valence-corrected chi connectivity index (χ3v) is 4.38. The molecule has 1 amide bonds. The number of carbonyl (C=O) groups is 1. The number of aromatic nitrogens is 2. The first kappa shape index (κ1) is 11.6. The fraction of sp³-hybridized carbons (Fsp3) is 0.385. The molecule has 0 radical (unpaired) electrons. The van der Waals surface area contributed by atoms with E-state index in [9.17, 15) is 4.79 Å². The van der Waals surface area contributed by atoms with Crippen LogP contribution in [0.2, 0.25) is 0 Å². The molecule has 4 nitrogen and oxygen atoms in total. The summed E-state index contributed by atoms with van der Waals surface area (Å²) in [6.45, 7) is 0.804. The Labute approximate surface area is 110 Å². The van der Waals surface area contributed by atoms with E-state index < -0.39 is 0 Å². The predicted molar refractivity (Wildman–Crippen MR) is 71.7 cm³/mol. The molecule has 1 fully saturated rings. The molecule has 0 spiro atoms. The number of hydrogen-bond donors (Lipinski definition) is 1. The monoisotopic (exact) mass is 261 g/mol. The number of pyridine rings is 1. The van der Waals surface area contributed by atoms with Gasteiger partial charge in [0.2, 0.25) is 5.91 Å². The lowest BCUT2D eigenvalue weighted by Gasteiger charge is -2.11. The average molecular weight is 261 g/mol. The summed E-state index contributed by atoms with van der Waals surface area (Å²) in [6, 6.07) is 5.99. The molecule has 5 heteroatoms. The van der Waals surface area contributed by atoms with Crippen molar-refractivity contribution in [1.29, 1.82) is 0 Å². The van der Waals surface area contributed by atoms with E-state index in [0.29, 0.717) is 0 Å². The Morgan fingerprint density at radius 3 is 3.28 bits per heavy atom. The second-order valence-electron chi connectivity index (χ2n) is 4.43. The molecule has 18 heavy (non-hydrogen) atoms. The van der Waals surface area contributed by atoms with Crippen LogP contribution >= 0.6 is 11.8 Å². The van der Waals surface area contributed by atoms with Crippen LogP contribution in [-0.2, 0) is 4.79 Å². The molecular formula is C13H15N3OS. The smallest absolute Gasteiger partial charge is 0.233 e. The molecule has 0 unspecified atom stereocenters. The van der Waals surface area contributed by atoms with E-state index in [4.69, 9.17) is 0 Å². The van der Waals surface area contributed by atoms with Gasteiger partial charge in [-0.25, -0.2) is 4.98 Å². The van der Waals surface area contributed by atoms with Crippen LogP contribution in [0.1, 0.15) is 19.3 Å². The van der Waals surface area contributed by atoms with Gasteiger partial charge in [0.1, 0.15) is 0 Å². The molecule has 2 aromatic rings. The molecule has 1 N–H and O–H groups in total. The predicted octanol–water partition coefficient (Wildman–Crippen LogP) is 2.10. The van der Waals surface area contributed by atoms with Crippen LogP contribution in [0.4, 0.5) is 0 Å². The molecular weight excluding hydrogens is 246 g/mol. The maximum absolute atomic E-state index is 11.9. The first-order valence-corrected chi connectivity index (χ1v) is 7.09. The van der Waals surface area contributed by atoms with Gasteiger partial charge in [-0.1, -0.05) is 24.2 Å². The van der Waals surface area contributed by atoms with Gasteiger partial charge in [0.05, 0.1) is 17.0 Å². The highest BCUT2D eigenvalue weighted by atomic mass is 32.2. The van der Waals surface area contributed by atoms with Crippen molar-refractivity contribution in [1.82, 2.24) is 14.7 Å². The SMILES string of the molecule is O=C1NCCCC[C@H]1Sc1ncc2ccccn12. The fourth-order valence-electron chi connectivity index (χ4n) is 2.16. The molecule has 0 aromatic carbocycles. The minimum atomic E-state index is -0.0155. The van der Waals surface area contributed by atoms with Crippen molar-refractivity contribution in [2.24, 2.45) is 0 Å². The molecule has 94 valence electrons. The van der Waals surface area contributed by atoms with Gasteiger partial charge in [0.25, 0.3) is 0 Å². The highest BCUT2D eigenvalue weighted by molar-refractivity contribution is 8.00. The van der Waals surface area contributed by atoms with E-state index in [1.54, 1.807) is 11.8 Å². The first-order chi connectivity index (χ1) is 8.84. The van der Waals surface area contributed by atoms with Gasteiger partial charge >= 0.3 is 0 Å². The van der Waals surface area contributed by atoms with Gasteiger partial charge in [0, 0.05) is 12.7 Å². The normalized spacial score (nSPS) is 20.7. The molecule has 3 rings (SSSR count). The number of hydrogen-bond acceptors (Lipinski definition) is 3. The van der Waals surface area contributed by atoms with Crippen LogP contribution in [0.5, 0.6) is 0 Å². The summed E-state index contributed by atoms with van der Waals surface area (Å²) in [4.78, 5) is 16.3. The zero-order valence-electron chi connectivity index (χ0n) is 10.0. The summed E-state index contributed by atoms with van der Waals surface area (Å²) in [7, 11) is 0. The van der Waals surface area contributed by atoms with E-state index in [0.717, 1.165) is 36.5 Å². The van der Waals surface area contributed by atoms with Gasteiger partial charge in [-0.05, 0) is 25.0 Å². The fourth-order valence-corrected chi connectivity index (χ4v) is 3.28. The lowest BCUT2D eigenvalue weighted by atomic mass is 10.2. The number of rotatable bonds is 2.